The molecule has 6 N–H and O–H groups in total. The van der Waals surface area contributed by atoms with Crippen molar-refractivity contribution in [3.63, 3.8) is 0 Å². The van der Waals surface area contributed by atoms with Crippen LogP contribution in [0, 0.1) is 0 Å². The number of carboxylic acid groups (broad SMARTS) is 1. The zero-order chi connectivity index (χ0) is 15.7. The summed E-state index contributed by atoms with van der Waals surface area (Å²) < 4.78 is 4.95. The van der Waals surface area contributed by atoms with Gasteiger partial charge in [-0.05, 0) is 24.3 Å². The number of hydrogen-bond donors (Lipinski definition) is 5. The Morgan fingerprint density at radius 3 is 2.29 bits per heavy atom. The van der Waals surface area contributed by atoms with Crippen LogP contribution in [0.2, 0.25) is 0 Å². The van der Waals surface area contributed by atoms with Crippen molar-refractivity contribution in [1.82, 2.24) is 10.6 Å². The molecular weight excluding hydrogens is 280 g/mol. The van der Waals surface area contributed by atoms with Crippen molar-refractivity contribution in [3.05, 3.63) is 24.3 Å². The first-order valence-corrected chi connectivity index (χ1v) is 6.00. The molecule has 0 aromatic heterocycles. The quantitative estimate of drug-likeness (QED) is 0.448. The van der Waals surface area contributed by atoms with E-state index < -0.39 is 24.6 Å². The number of anilines is 1. The number of nitrogens with one attached hydrogen (secondary N) is 3. The smallest absolute Gasteiger partial charge is 0.341 e. The highest BCUT2D eigenvalue weighted by molar-refractivity contribution is 5.89. The van der Waals surface area contributed by atoms with Gasteiger partial charge in [0, 0.05) is 18.8 Å². The van der Waals surface area contributed by atoms with E-state index in [0.717, 1.165) is 0 Å². The highest BCUT2D eigenvalue weighted by Crippen LogP contribution is 2.15. The molecule has 9 nitrogen and oxygen atoms in total. The average Bonchev–Trinajstić information content (AvgIpc) is 2.42. The second-order valence-corrected chi connectivity index (χ2v) is 3.88. The Morgan fingerprint density at radius 1 is 1.10 bits per heavy atom. The van der Waals surface area contributed by atoms with Crippen LogP contribution in [0.25, 0.3) is 0 Å². The van der Waals surface area contributed by atoms with Crippen molar-refractivity contribution in [2.24, 2.45) is 5.73 Å². The molecule has 0 aliphatic carbocycles. The summed E-state index contributed by atoms with van der Waals surface area (Å²) in [5, 5.41) is 15.9. The van der Waals surface area contributed by atoms with Crippen molar-refractivity contribution < 1.29 is 24.2 Å². The van der Waals surface area contributed by atoms with Gasteiger partial charge in [-0.25, -0.2) is 14.4 Å². The molecule has 0 atom stereocenters. The van der Waals surface area contributed by atoms with E-state index in [1.807, 2.05) is 0 Å². The fraction of sp³-hybridized carbons (Fsp3) is 0.250. The molecule has 0 spiro atoms. The van der Waals surface area contributed by atoms with Crippen LogP contribution >= 0.6 is 0 Å². The SMILES string of the molecule is NC(=O)NCCNC(=O)Nc1ccc(OCC(=O)O)cc1. The van der Waals surface area contributed by atoms with Crippen molar-refractivity contribution in [3.8, 4) is 5.75 Å². The van der Waals surface area contributed by atoms with E-state index in [2.05, 4.69) is 16.0 Å². The first-order chi connectivity index (χ1) is 9.97. The lowest BCUT2D eigenvalue weighted by Gasteiger charge is -2.08. The molecular formula is C12H16N4O5. The number of urea groups is 2. The van der Waals surface area contributed by atoms with Gasteiger partial charge in [-0.1, -0.05) is 0 Å². The van der Waals surface area contributed by atoms with Crippen LogP contribution in [0.1, 0.15) is 0 Å². The third-order valence-corrected chi connectivity index (χ3v) is 2.18. The van der Waals surface area contributed by atoms with Crippen LogP contribution in [0.5, 0.6) is 5.75 Å². The Bertz CT molecular complexity index is 503. The van der Waals surface area contributed by atoms with E-state index in [9.17, 15) is 14.4 Å². The van der Waals surface area contributed by atoms with E-state index >= 15 is 0 Å². The van der Waals surface area contributed by atoms with Gasteiger partial charge in [0.2, 0.25) is 0 Å². The van der Waals surface area contributed by atoms with Gasteiger partial charge in [-0.2, -0.15) is 0 Å². The third-order valence-electron chi connectivity index (χ3n) is 2.18. The maximum atomic E-state index is 11.5. The molecule has 4 amide bonds. The van der Waals surface area contributed by atoms with Crippen LogP contribution in [-0.2, 0) is 4.79 Å². The lowest BCUT2D eigenvalue weighted by atomic mass is 10.3. The van der Waals surface area contributed by atoms with Gasteiger partial charge in [0.25, 0.3) is 0 Å². The molecule has 0 saturated carbocycles. The lowest BCUT2D eigenvalue weighted by Crippen LogP contribution is -2.38. The predicted molar refractivity (Wildman–Crippen MR) is 74.2 cm³/mol. The Hall–Kier alpha value is -2.97. The molecule has 0 fully saturated rings. The minimum absolute atomic E-state index is 0.227. The minimum Gasteiger partial charge on any atom is -0.482 e. The van der Waals surface area contributed by atoms with Gasteiger partial charge in [-0.3, -0.25) is 0 Å². The number of rotatable bonds is 7. The van der Waals surface area contributed by atoms with Crippen molar-refractivity contribution in [1.29, 1.82) is 0 Å². The topological polar surface area (TPSA) is 143 Å². The number of hydrogen-bond acceptors (Lipinski definition) is 4. The second-order valence-electron chi connectivity index (χ2n) is 3.88. The number of primary amides is 1. The molecule has 0 radical (unpaired) electrons. The van der Waals surface area contributed by atoms with E-state index in [1.54, 1.807) is 12.1 Å². The molecule has 0 saturated heterocycles. The third kappa shape index (κ3) is 7.25. The van der Waals surface area contributed by atoms with Gasteiger partial charge in [0.1, 0.15) is 5.75 Å². The Balaban J connectivity index is 2.32. The standard InChI is InChI=1S/C12H16N4O5/c13-11(19)14-5-6-15-12(20)16-8-1-3-9(4-2-8)21-7-10(17)18/h1-4H,5-7H2,(H,17,18)(H3,13,14,19)(H2,15,16,20). The zero-order valence-electron chi connectivity index (χ0n) is 11.1. The van der Waals surface area contributed by atoms with Gasteiger partial charge in [0.05, 0.1) is 0 Å². The Kier molecular flexibility index (Phi) is 6.32. The largest absolute Gasteiger partial charge is 0.482 e. The summed E-state index contributed by atoms with van der Waals surface area (Å²) in [7, 11) is 0. The first kappa shape index (κ1) is 16.1. The van der Waals surface area contributed by atoms with Crippen LogP contribution in [-0.4, -0.2) is 42.8 Å². The van der Waals surface area contributed by atoms with Crippen molar-refractivity contribution >= 4 is 23.7 Å². The van der Waals surface area contributed by atoms with Crippen LogP contribution in [0.15, 0.2) is 24.3 Å². The van der Waals surface area contributed by atoms with Crippen molar-refractivity contribution in [2.75, 3.05) is 25.0 Å². The average molecular weight is 296 g/mol. The first-order valence-electron chi connectivity index (χ1n) is 6.00. The number of nitrogens with two attached hydrogens (primary N) is 1. The van der Waals surface area contributed by atoms with Gasteiger partial charge in [0.15, 0.2) is 6.61 Å². The monoisotopic (exact) mass is 296 g/mol. The molecule has 0 unspecified atom stereocenters. The van der Waals surface area contributed by atoms with Crippen LogP contribution < -0.4 is 26.4 Å². The molecule has 0 aliphatic heterocycles. The Morgan fingerprint density at radius 2 is 1.71 bits per heavy atom. The number of carbonyl (C=O) groups is 3. The number of amides is 4. The Labute approximate surface area is 120 Å². The summed E-state index contributed by atoms with van der Waals surface area (Å²) in [4.78, 5) is 32.2. The molecule has 1 aromatic carbocycles. The molecule has 0 bridgehead atoms. The summed E-state index contributed by atoms with van der Waals surface area (Å²) in [5.41, 5.74) is 5.38. The maximum absolute atomic E-state index is 11.5. The van der Waals surface area contributed by atoms with Gasteiger partial charge >= 0.3 is 18.0 Å². The molecule has 114 valence electrons. The number of ether oxygens (including phenoxy) is 1. The van der Waals surface area contributed by atoms with Gasteiger partial charge < -0.3 is 31.5 Å². The minimum atomic E-state index is -1.07. The predicted octanol–water partition coefficient (Wildman–Crippen LogP) is -0.0602. The number of carboxylic acids is 1. The molecule has 1 aromatic rings. The molecule has 0 heterocycles. The van der Waals surface area contributed by atoms with E-state index in [4.69, 9.17) is 15.6 Å². The number of benzene rings is 1. The van der Waals surface area contributed by atoms with Gasteiger partial charge in [-0.15, -0.1) is 0 Å². The van der Waals surface area contributed by atoms with E-state index in [0.29, 0.717) is 11.4 Å². The van der Waals surface area contributed by atoms with Crippen LogP contribution in [0.3, 0.4) is 0 Å². The van der Waals surface area contributed by atoms with Crippen molar-refractivity contribution in [2.45, 2.75) is 0 Å². The molecule has 21 heavy (non-hydrogen) atoms. The lowest BCUT2D eigenvalue weighted by molar-refractivity contribution is -0.139. The summed E-state index contributed by atoms with van der Waals surface area (Å²) in [6.07, 6.45) is 0. The van der Waals surface area contributed by atoms with Crippen LogP contribution in [0.4, 0.5) is 15.3 Å². The fourth-order valence-electron chi connectivity index (χ4n) is 1.32. The summed E-state index contributed by atoms with van der Waals surface area (Å²) in [6, 6.07) is 5.10. The van der Waals surface area contributed by atoms with E-state index in [-0.39, 0.29) is 13.1 Å². The number of aliphatic carboxylic acids is 1. The summed E-state index contributed by atoms with van der Waals surface area (Å²) in [6.45, 7) is 0.0272. The summed E-state index contributed by atoms with van der Waals surface area (Å²) >= 11 is 0. The fourth-order valence-corrected chi connectivity index (χ4v) is 1.32. The zero-order valence-corrected chi connectivity index (χ0v) is 11.1. The molecule has 1 rings (SSSR count). The maximum Gasteiger partial charge on any atom is 0.341 e. The molecule has 0 aliphatic rings. The van der Waals surface area contributed by atoms with E-state index in [1.165, 1.54) is 12.1 Å². The summed E-state index contributed by atoms with van der Waals surface area (Å²) in [5.74, 6) is -0.685. The molecule has 9 heteroatoms. The second kappa shape index (κ2) is 8.25. The highest BCUT2D eigenvalue weighted by atomic mass is 16.5. The normalized spacial score (nSPS) is 9.52. The number of carbonyl (C=O) groups excluding carboxylic acids is 2. The highest BCUT2D eigenvalue weighted by Gasteiger charge is 2.03.